The largest absolute Gasteiger partial charge is 0.382 e. The van der Waals surface area contributed by atoms with Gasteiger partial charge in [-0.15, -0.1) is 0 Å². The molecule has 0 saturated heterocycles. The highest BCUT2D eigenvalue weighted by molar-refractivity contribution is 4.45. The Morgan fingerprint density at radius 1 is 0.550 bits per heavy atom. The average Bonchev–Trinajstić information content (AvgIpc) is 2.47. The number of hydrogen-bond donors (Lipinski definition) is 1. The van der Waals surface area contributed by atoms with Gasteiger partial charge in [-0.3, -0.25) is 0 Å². The number of nitrogens with two attached hydrogens (primary N) is 1. The molecule has 122 valence electrons. The third kappa shape index (κ3) is 17.8. The van der Waals surface area contributed by atoms with Crippen LogP contribution in [0.5, 0.6) is 0 Å². The van der Waals surface area contributed by atoms with Gasteiger partial charge in [0.2, 0.25) is 0 Å². The second-order valence-corrected chi connectivity index (χ2v) is 4.74. The van der Waals surface area contributed by atoms with Gasteiger partial charge in [-0.25, -0.2) is 0 Å². The monoisotopic (exact) mass is 291 g/mol. The number of rotatable bonds is 17. The smallest absolute Gasteiger partial charge is 0.0701 e. The van der Waals surface area contributed by atoms with Crippen LogP contribution in [0.15, 0.2) is 0 Å². The first-order valence-electron chi connectivity index (χ1n) is 7.84. The lowest BCUT2D eigenvalue weighted by Crippen LogP contribution is -2.11. The van der Waals surface area contributed by atoms with E-state index in [1.165, 1.54) is 25.7 Å². The molecule has 0 radical (unpaired) electrons. The van der Waals surface area contributed by atoms with Crippen LogP contribution in [-0.2, 0) is 18.9 Å². The summed E-state index contributed by atoms with van der Waals surface area (Å²) in [5.41, 5.74) is 5.44. The normalized spacial score (nSPS) is 11.1. The van der Waals surface area contributed by atoms with E-state index in [0.29, 0.717) is 39.6 Å². The lowest BCUT2D eigenvalue weighted by molar-refractivity contribution is 0.00323. The zero-order valence-corrected chi connectivity index (χ0v) is 13.1. The van der Waals surface area contributed by atoms with Crippen LogP contribution in [0.4, 0.5) is 0 Å². The molecular formula is C15H33NO4. The molecule has 0 aromatic rings. The van der Waals surface area contributed by atoms with E-state index in [4.69, 9.17) is 24.7 Å². The van der Waals surface area contributed by atoms with Crippen molar-refractivity contribution in [2.75, 3.05) is 59.9 Å². The van der Waals surface area contributed by atoms with Crippen molar-refractivity contribution in [3.63, 3.8) is 0 Å². The quantitative estimate of drug-likeness (QED) is 0.415. The molecule has 0 amide bonds. The van der Waals surface area contributed by atoms with Crippen LogP contribution >= 0.6 is 0 Å². The summed E-state index contributed by atoms with van der Waals surface area (Å²) >= 11 is 0. The molecule has 2 N–H and O–H groups in total. The molecule has 20 heavy (non-hydrogen) atoms. The fraction of sp³-hybridized carbons (Fsp3) is 1.00. The van der Waals surface area contributed by atoms with Crippen LogP contribution in [0.25, 0.3) is 0 Å². The number of methoxy groups -OCH3 is 1. The molecule has 5 heteroatoms. The van der Waals surface area contributed by atoms with Crippen LogP contribution in [-0.4, -0.2) is 59.9 Å². The maximum absolute atomic E-state index is 5.50. The summed E-state index contributed by atoms with van der Waals surface area (Å²) in [5, 5.41) is 0. The lowest BCUT2D eigenvalue weighted by atomic mass is 10.1. The van der Waals surface area contributed by atoms with Crippen molar-refractivity contribution in [1.29, 1.82) is 0 Å². The maximum atomic E-state index is 5.50. The van der Waals surface area contributed by atoms with Gasteiger partial charge in [0.15, 0.2) is 0 Å². The Hall–Kier alpha value is -0.200. The highest BCUT2D eigenvalue weighted by Crippen LogP contribution is 2.04. The van der Waals surface area contributed by atoms with E-state index in [0.717, 1.165) is 26.0 Å². The van der Waals surface area contributed by atoms with Gasteiger partial charge in [-0.1, -0.05) is 25.7 Å². The summed E-state index contributed by atoms with van der Waals surface area (Å²) in [6, 6.07) is 0. The molecule has 0 aliphatic heterocycles. The first kappa shape index (κ1) is 19.8. The fourth-order valence-corrected chi connectivity index (χ4v) is 1.74. The van der Waals surface area contributed by atoms with Gasteiger partial charge >= 0.3 is 0 Å². The highest BCUT2D eigenvalue weighted by atomic mass is 16.6. The average molecular weight is 291 g/mol. The first-order valence-corrected chi connectivity index (χ1v) is 7.84. The predicted molar refractivity (Wildman–Crippen MR) is 81.1 cm³/mol. The number of unbranched alkanes of at least 4 members (excludes halogenated alkanes) is 5. The minimum atomic E-state index is 0.617. The standard InChI is InChI=1S/C15H33NO4/c1-17-10-11-19-14-15-20-13-12-18-9-7-5-3-2-4-6-8-16/h2-16H2,1H3. The molecule has 0 aromatic carbocycles. The van der Waals surface area contributed by atoms with Crippen molar-refractivity contribution < 1.29 is 18.9 Å². The molecule has 0 aliphatic rings. The second-order valence-electron chi connectivity index (χ2n) is 4.74. The third-order valence-electron chi connectivity index (χ3n) is 2.92. The summed E-state index contributed by atoms with van der Waals surface area (Å²) in [7, 11) is 1.66. The van der Waals surface area contributed by atoms with Gasteiger partial charge in [0.1, 0.15) is 0 Å². The third-order valence-corrected chi connectivity index (χ3v) is 2.92. The number of ether oxygens (including phenoxy) is 4. The zero-order valence-electron chi connectivity index (χ0n) is 13.1. The molecule has 0 heterocycles. The van der Waals surface area contributed by atoms with Crippen molar-refractivity contribution in [3.05, 3.63) is 0 Å². The van der Waals surface area contributed by atoms with Crippen LogP contribution in [0.2, 0.25) is 0 Å². The molecule has 0 aromatic heterocycles. The fourth-order valence-electron chi connectivity index (χ4n) is 1.74. The molecule has 0 atom stereocenters. The Bertz CT molecular complexity index is 152. The van der Waals surface area contributed by atoms with Crippen LogP contribution in [0.3, 0.4) is 0 Å². The molecule has 0 aliphatic carbocycles. The Morgan fingerprint density at radius 3 is 1.55 bits per heavy atom. The van der Waals surface area contributed by atoms with Gasteiger partial charge in [0.05, 0.1) is 39.6 Å². The first-order chi connectivity index (χ1) is 9.91. The Kier molecular flexibility index (Phi) is 18.6. The Balaban J connectivity index is 2.89. The Morgan fingerprint density at radius 2 is 1.00 bits per heavy atom. The van der Waals surface area contributed by atoms with E-state index < -0.39 is 0 Å². The van der Waals surface area contributed by atoms with E-state index >= 15 is 0 Å². The zero-order chi connectivity index (χ0) is 14.7. The molecule has 0 unspecified atom stereocenters. The van der Waals surface area contributed by atoms with E-state index in [9.17, 15) is 0 Å². The molecular weight excluding hydrogens is 258 g/mol. The van der Waals surface area contributed by atoms with Crippen LogP contribution in [0.1, 0.15) is 38.5 Å². The molecule has 0 rings (SSSR count). The van der Waals surface area contributed by atoms with E-state index in [1.54, 1.807) is 7.11 Å². The summed E-state index contributed by atoms with van der Waals surface area (Å²) in [6.45, 7) is 5.47. The number of hydrogen-bond acceptors (Lipinski definition) is 5. The molecule has 0 saturated carbocycles. The van der Waals surface area contributed by atoms with Crippen molar-refractivity contribution in [2.24, 2.45) is 5.73 Å². The minimum absolute atomic E-state index is 0.617. The van der Waals surface area contributed by atoms with Crippen molar-refractivity contribution in [1.82, 2.24) is 0 Å². The molecule has 0 spiro atoms. The summed E-state index contributed by atoms with van der Waals surface area (Å²) in [4.78, 5) is 0. The minimum Gasteiger partial charge on any atom is -0.382 e. The summed E-state index contributed by atoms with van der Waals surface area (Å²) in [5.74, 6) is 0. The summed E-state index contributed by atoms with van der Waals surface area (Å²) in [6.07, 6.45) is 7.39. The highest BCUT2D eigenvalue weighted by Gasteiger charge is 1.93. The maximum Gasteiger partial charge on any atom is 0.0701 e. The van der Waals surface area contributed by atoms with Gasteiger partial charge < -0.3 is 24.7 Å². The van der Waals surface area contributed by atoms with Crippen LogP contribution < -0.4 is 5.73 Å². The van der Waals surface area contributed by atoms with Crippen molar-refractivity contribution >= 4 is 0 Å². The van der Waals surface area contributed by atoms with Gasteiger partial charge in [-0.05, 0) is 19.4 Å². The summed E-state index contributed by atoms with van der Waals surface area (Å²) < 4.78 is 21.0. The van der Waals surface area contributed by atoms with Gasteiger partial charge in [0.25, 0.3) is 0 Å². The molecule has 0 bridgehead atoms. The second kappa shape index (κ2) is 18.8. The molecule has 5 nitrogen and oxygen atoms in total. The van der Waals surface area contributed by atoms with Crippen molar-refractivity contribution in [2.45, 2.75) is 38.5 Å². The molecule has 0 fully saturated rings. The lowest BCUT2D eigenvalue weighted by Gasteiger charge is -2.06. The van der Waals surface area contributed by atoms with E-state index in [-0.39, 0.29) is 0 Å². The van der Waals surface area contributed by atoms with E-state index in [1.807, 2.05) is 0 Å². The Labute approximate surface area is 124 Å². The predicted octanol–water partition coefficient (Wildman–Crippen LogP) is 1.98. The van der Waals surface area contributed by atoms with Gasteiger partial charge in [-0.2, -0.15) is 0 Å². The van der Waals surface area contributed by atoms with E-state index in [2.05, 4.69) is 0 Å². The topological polar surface area (TPSA) is 62.9 Å². The van der Waals surface area contributed by atoms with Gasteiger partial charge in [0, 0.05) is 13.7 Å². The SMILES string of the molecule is COCCOCCOCCOCCCCCCCCN. The van der Waals surface area contributed by atoms with Crippen molar-refractivity contribution in [3.8, 4) is 0 Å². The van der Waals surface area contributed by atoms with Crippen LogP contribution in [0, 0.1) is 0 Å².